The molecule has 0 atom stereocenters. The van der Waals surface area contributed by atoms with Gasteiger partial charge >= 0.3 is 0 Å². The van der Waals surface area contributed by atoms with Gasteiger partial charge in [0.2, 0.25) is 5.95 Å². The molecule has 1 fully saturated rings. The van der Waals surface area contributed by atoms with Gasteiger partial charge in [0.25, 0.3) is 0 Å². The fourth-order valence-electron chi connectivity index (χ4n) is 2.72. The zero-order chi connectivity index (χ0) is 15.6. The van der Waals surface area contributed by atoms with Gasteiger partial charge < -0.3 is 9.64 Å². The molecule has 118 valence electrons. The molecule has 0 amide bonds. The zero-order valence-electron chi connectivity index (χ0n) is 12.8. The molecule has 1 aliphatic rings. The fraction of sp³-hybridized carbons (Fsp3) is 0.312. The number of aryl methyl sites for hydroxylation is 1. The molecular weight excluding hydrogens is 310 g/mol. The molecule has 1 aliphatic heterocycles. The van der Waals surface area contributed by atoms with E-state index >= 15 is 0 Å². The summed E-state index contributed by atoms with van der Waals surface area (Å²) in [6.45, 7) is 3.08. The Bertz CT molecular complexity index is 793. The van der Waals surface area contributed by atoms with Crippen LogP contribution in [0.15, 0.2) is 35.3 Å². The third-order valence-electron chi connectivity index (χ3n) is 3.97. The van der Waals surface area contributed by atoms with Crippen molar-refractivity contribution in [1.82, 2.24) is 19.7 Å². The van der Waals surface area contributed by atoms with Gasteiger partial charge in [-0.2, -0.15) is 16.4 Å². The van der Waals surface area contributed by atoms with Gasteiger partial charge in [-0.25, -0.2) is 9.97 Å². The molecule has 0 N–H and O–H groups in total. The number of morpholine rings is 1. The van der Waals surface area contributed by atoms with E-state index in [9.17, 15) is 0 Å². The van der Waals surface area contributed by atoms with Crippen molar-refractivity contribution in [3.8, 4) is 22.5 Å². The van der Waals surface area contributed by atoms with Crippen LogP contribution in [0.25, 0.3) is 22.5 Å². The van der Waals surface area contributed by atoms with Crippen molar-refractivity contribution in [2.45, 2.75) is 0 Å². The Kier molecular flexibility index (Phi) is 3.80. The Morgan fingerprint density at radius 3 is 2.78 bits per heavy atom. The van der Waals surface area contributed by atoms with Crippen LogP contribution in [0.1, 0.15) is 0 Å². The number of thiophene rings is 1. The highest BCUT2D eigenvalue weighted by atomic mass is 32.1. The maximum atomic E-state index is 5.42. The van der Waals surface area contributed by atoms with Crippen molar-refractivity contribution >= 4 is 17.3 Å². The van der Waals surface area contributed by atoms with Crippen LogP contribution in [0, 0.1) is 0 Å². The molecule has 0 saturated carbocycles. The standard InChI is InChI=1S/C16H17N5OS/c1-20-14(2-4-18-20)15-13(12-3-9-23-11-12)10-17-16(19-15)21-5-7-22-8-6-21/h2-4,9-11H,5-8H2,1H3. The average Bonchev–Trinajstić information content (AvgIpc) is 3.27. The first-order valence-electron chi connectivity index (χ1n) is 7.53. The van der Waals surface area contributed by atoms with Crippen LogP contribution in [0.4, 0.5) is 5.95 Å². The smallest absolute Gasteiger partial charge is 0.226 e. The highest BCUT2D eigenvalue weighted by Gasteiger charge is 2.19. The molecule has 0 spiro atoms. The monoisotopic (exact) mass is 327 g/mol. The molecule has 0 aromatic carbocycles. The van der Waals surface area contributed by atoms with Gasteiger partial charge in [0.15, 0.2) is 0 Å². The van der Waals surface area contributed by atoms with E-state index in [0.717, 1.165) is 54.8 Å². The number of ether oxygens (including phenoxy) is 1. The summed E-state index contributed by atoms with van der Waals surface area (Å²) in [5, 5.41) is 8.47. The zero-order valence-corrected chi connectivity index (χ0v) is 13.7. The lowest BCUT2D eigenvalue weighted by atomic mass is 10.1. The van der Waals surface area contributed by atoms with E-state index in [4.69, 9.17) is 9.72 Å². The second-order valence-corrected chi connectivity index (χ2v) is 6.16. The Morgan fingerprint density at radius 1 is 1.22 bits per heavy atom. The Morgan fingerprint density at radius 2 is 2.09 bits per heavy atom. The number of hydrogen-bond donors (Lipinski definition) is 0. The summed E-state index contributed by atoms with van der Waals surface area (Å²) in [4.78, 5) is 11.6. The molecule has 7 heteroatoms. The molecule has 1 saturated heterocycles. The van der Waals surface area contributed by atoms with E-state index in [1.807, 2.05) is 24.0 Å². The van der Waals surface area contributed by atoms with Gasteiger partial charge in [-0.05, 0) is 28.5 Å². The molecule has 3 aromatic heterocycles. The summed E-state index contributed by atoms with van der Waals surface area (Å²) in [6.07, 6.45) is 3.71. The molecule has 0 unspecified atom stereocenters. The van der Waals surface area contributed by atoms with Crippen LogP contribution in [-0.2, 0) is 11.8 Å². The van der Waals surface area contributed by atoms with Crippen LogP contribution in [0.3, 0.4) is 0 Å². The number of nitrogens with zero attached hydrogens (tertiary/aromatic N) is 5. The number of aromatic nitrogens is 4. The fourth-order valence-corrected chi connectivity index (χ4v) is 3.37. The molecule has 4 heterocycles. The quantitative estimate of drug-likeness (QED) is 0.739. The SMILES string of the molecule is Cn1nccc1-c1nc(N2CCOCC2)ncc1-c1ccsc1. The summed E-state index contributed by atoms with van der Waals surface area (Å²) in [5.41, 5.74) is 4.08. The molecule has 0 bridgehead atoms. The van der Waals surface area contributed by atoms with Crippen LogP contribution in [-0.4, -0.2) is 46.1 Å². The highest BCUT2D eigenvalue weighted by molar-refractivity contribution is 7.08. The number of rotatable bonds is 3. The second-order valence-electron chi connectivity index (χ2n) is 5.38. The van der Waals surface area contributed by atoms with Crippen LogP contribution >= 0.6 is 11.3 Å². The van der Waals surface area contributed by atoms with Gasteiger partial charge in [0.05, 0.1) is 18.9 Å². The van der Waals surface area contributed by atoms with Crippen LogP contribution < -0.4 is 4.90 Å². The van der Waals surface area contributed by atoms with Crippen molar-refractivity contribution in [3.05, 3.63) is 35.3 Å². The minimum absolute atomic E-state index is 0.719. The van der Waals surface area contributed by atoms with E-state index in [2.05, 4.69) is 31.8 Å². The molecule has 23 heavy (non-hydrogen) atoms. The van der Waals surface area contributed by atoms with Gasteiger partial charge in [-0.3, -0.25) is 4.68 Å². The topological polar surface area (TPSA) is 56.1 Å². The summed E-state index contributed by atoms with van der Waals surface area (Å²) in [5.74, 6) is 0.753. The highest BCUT2D eigenvalue weighted by Crippen LogP contribution is 2.32. The minimum atomic E-state index is 0.719. The second kappa shape index (κ2) is 6.10. The van der Waals surface area contributed by atoms with E-state index in [-0.39, 0.29) is 0 Å². The number of hydrogen-bond acceptors (Lipinski definition) is 6. The third-order valence-corrected chi connectivity index (χ3v) is 4.65. The average molecular weight is 327 g/mol. The maximum absolute atomic E-state index is 5.42. The lowest BCUT2D eigenvalue weighted by molar-refractivity contribution is 0.122. The molecule has 4 rings (SSSR count). The minimum Gasteiger partial charge on any atom is -0.378 e. The van der Waals surface area contributed by atoms with Gasteiger partial charge in [0, 0.05) is 38.1 Å². The lowest BCUT2D eigenvalue weighted by Crippen LogP contribution is -2.37. The molecule has 6 nitrogen and oxygen atoms in total. The molecular formula is C16H17N5OS. The first kappa shape index (κ1) is 14.3. The van der Waals surface area contributed by atoms with Crippen molar-refractivity contribution in [3.63, 3.8) is 0 Å². The summed E-state index contributed by atoms with van der Waals surface area (Å²) >= 11 is 1.67. The first-order chi connectivity index (χ1) is 11.3. The van der Waals surface area contributed by atoms with Gasteiger partial charge in [0.1, 0.15) is 5.69 Å². The maximum Gasteiger partial charge on any atom is 0.226 e. The predicted molar refractivity (Wildman–Crippen MR) is 90.6 cm³/mol. The van der Waals surface area contributed by atoms with Gasteiger partial charge in [-0.1, -0.05) is 0 Å². The predicted octanol–water partition coefficient (Wildman–Crippen LogP) is 2.44. The van der Waals surface area contributed by atoms with Crippen LogP contribution in [0.5, 0.6) is 0 Å². The largest absolute Gasteiger partial charge is 0.378 e. The van der Waals surface area contributed by atoms with E-state index < -0.39 is 0 Å². The summed E-state index contributed by atoms with van der Waals surface area (Å²) in [7, 11) is 1.93. The van der Waals surface area contributed by atoms with Crippen LogP contribution in [0.2, 0.25) is 0 Å². The number of anilines is 1. The molecule has 0 radical (unpaired) electrons. The third kappa shape index (κ3) is 2.73. The van der Waals surface area contributed by atoms with E-state index in [1.54, 1.807) is 17.5 Å². The summed E-state index contributed by atoms with van der Waals surface area (Å²) < 4.78 is 7.26. The summed E-state index contributed by atoms with van der Waals surface area (Å²) in [6, 6.07) is 4.08. The normalized spacial score (nSPS) is 15.1. The van der Waals surface area contributed by atoms with Crippen molar-refractivity contribution < 1.29 is 4.74 Å². The molecule has 3 aromatic rings. The van der Waals surface area contributed by atoms with E-state index in [0.29, 0.717) is 0 Å². The molecule has 0 aliphatic carbocycles. The van der Waals surface area contributed by atoms with Crippen molar-refractivity contribution in [2.75, 3.05) is 31.2 Å². The van der Waals surface area contributed by atoms with Gasteiger partial charge in [-0.15, -0.1) is 0 Å². The van der Waals surface area contributed by atoms with E-state index in [1.165, 1.54) is 0 Å². The Hall–Kier alpha value is -2.25. The Balaban J connectivity index is 1.83. The Labute approximate surface area is 138 Å². The van der Waals surface area contributed by atoms with Crippen molar-refractivity contribution in [1.29, 1.82) is 0 Å². The first-order valence-corrected chi connectivity index (χ1v) is 8.48. The lowest BCUT2D eigenvalue weighted by Gasteiger charge is -2.27. The van der Waals surface area contributed by atoms with Crippen molar-refractivity contribution in [2.24, 2.45) is 7.05 Å².